The lowest BCUT2D eigenvalue weighted by Crippen LogP contribution is -2.53. The lowest BCUT2D eigenvalue weighted by molar-refractivity contribution is 0.0657. The van der Waals surface area contributed by atoms with E-state index < -0.39 is 0 Å². The summed E-state index contributed by atoms with van der Waals surface area (Å²) >= 11 is 0. The van der Waals surface area contributed by atoms with Crippen molar-refractivity contribution < 1.29 is 18.3 Å². The Kier molecular flexibility index (Phi) is 9.23. The number of carbonyl (C=O) groups is 1. The van der Waals surface area contributed by atoms with Crippen molar-refractivity contribution >= 4 is 35.8 Å². The fraction of sp³-hybridized carbons (Fsp3) is 0.400. The van der Waals surface area contributed by atoms with E-state index >= 15 is 0 Å². The molecule has 3 rings (SSSR count). The first-order valence-corrected chi connectivity index (χ1v) is 9.42. The number of hydrogen-bond acceptors (Lipinski definition) is 4. The Balaban J connectivity index is 0.00000300. The number of aliphatic imine (C=N–C) groups is 1. The molecule has 0 saturated carbocycles. The van der Waals surface area contributed by atoms with Gasteiger partial charge >= 0.3 is 0 Å². The molecule has 2 heterocycles. The van der Waals surface area contributed by atoms with Gasteiger partial charge in [0.2, 0.25) is 0 Å². The Morgan fingerprint density at radius 3 is 2.62 bits per heavy atom. The SMILES string of the molecule is CCNC(=NCCOc1cccc(F)c1)N1CCN(C(=O)c2ccco2)CC1.I. The van der Waals surface area contributed by atoms with E-state index in [9.17, 15) is 9.18 Å². The van der Waals surface area contributed by atoms with Crippen molar-refractivity contribution in [3.8, 4) is 5.75 Å². The maximum absolute atomic E-state index is 13.2. The molecule has 7 nitrogen and oxygen atoms in total. The first kappa shape index (κ1) is 23.0. The fourth-order valence-corrected chi connectivity index (χ4v) is 2.98. The van der Waals surface area contributed by atoms with E-state index in [-0.39, 0.29) is 35.7 Å². The van der Waals surface area contributed by atoms with Crippen LogP contribution in [0.3, 0.4) is 0 Å². The first-order valence-electron chi connectivity index (χ1n) is 9.42. The molecular weight excluding hydrogens is 490 g/mol. The monoisotopic (exact) mass is 516 g/mol. The average molecular weight is 516 g/mol. The number of furan rings is 1. The van der Waals surface area contributed by atoms with E-state index in [1.54, 1.807) is 29.2 Å². The smallest absolute Gasteiger partial charge is 0.289 e. The van der Waals surface area contributed by atoms with Crippen molar-refractivity contribution in [1.82, 2.24) is 15.1 Å². The van der Waals surface area contributed by atoms with Crippen molar-refractivity contribution in [1.29, 1.82) is 0 Å². The normalized spacial score (nSPS) is 14.3. The molecule has 1 aliphatic heterocycles. The van der Waals surface area contributed by atoms with Crippen LogP contribution >= 0.6 is 24.0 Å². The van der Waals surface area contributed by atoms with E-state index in [1.807, 2.05) is 6.92 Å². The fourth-order valence-electron chi connectivity index (χ4n) is 2.98. The summed E-state index contributed by atoms with van der Waals surface area (Å²) in [6.45, 7) is 6.13. The van der Waals surface area contributed by atoms with Crippen molar-refractivity contribution in [2.45, 2.75) is 6.92 Å². The minimum Gasteiger partial charge on any atom is -0.492 e. The predicted octanol–water partition coefficient (Wildman–Crippen LogP) is 2.84. The molecule has 9 heteroatoms. The van der Waals surface area contributed by atoms with Crippen molar-refractivity contribution in [2.75, 3.05) is 45.9 Å². The molecule has 0 bridgehead atoms. The number of halogens is 2. The van der Waals surface area contributed by atoms with Crippen LogP contribution in [0.25, 0.3) is 0 Å². The molecular formula is C20H26FIN4O3. The molecule has 158 valence electrons. The predicted molar refractivity (Wildman–Crippen MR) is 119 cm³/mol. The highest BCUT2D eigenvalue weighted by Gasteiger charge is 2.25. The number of hydrogen-bond donors (Lipinski definition) is 1. The summed E-state index contributed by atoms with van der Waals surface area (Å²) in [5.74, 6) is 1.23. The van der Waals surface area contributed by atoms with E-state index in [2.05, 4.69) is 15.2 Å². The molecule has 0 aliphatic carbocycles. The summed E-state index contributed by atoms with van der Waals surface area (Å²) in [5, 5.41) is 3.27. The molecule has 1 aromatic heterocycles. The molecule has 1 amide bonds. The number of piperazine rings is 1. The molecule has 0 radical (unpaired) electrons. The molecule has 1 fully saturated rings. The van der Waals surface area contributed by atoms with Gasteiger partial charge in [-0.15, -0.1) is 24.0 Å². The largest absolute Gasteiger partial charge is 0.492 e. The third-order valence-corrected chi connectivity index (χ3v) is 4.35. The number of ether oxygens (including phenoxy) is 1. The maximum Gasteiger partial charge on any atom is 0.289 e. The van der Waals surface area contributed by atoms with Crippen LogP contribution in [0, 0.1) is 5.82 Å². The summed E-state index contributed by atoms with van der Waals surface area (Å²) in [7, 11) is 0. The molecule has 0 spiro atoms. The van der Waals surface area contributed by atoms with Crippen LogP contribution in [-0.4, -0.2) is 67.5 Å². The van der Waals surface area contributed by atoms with Gasteiger partial charge < -0.3 is 24.3 Å². The summed E-state index contributed by atoms with van der Waals surface area (Å²) < 4.78 is 23.9. The van der Waals surface area contributed by atoms with Gasteiger partial charge in [0.05, 0.1) is 12.8 Å². The number of benzene rings is 1. The minimum absolute atomic E-state index is 0. The molecule has 0 unspecified atom stereocenters. The quantitative estimate of drug-likeness (QED) is 0.277. The number of nitrogens with one attached hydrogen (secondary N) is 1. The first-order chi connectivity index (χ1) is 13.7. The summed E-state index contributed by atoms with van der Waals surface area (Å²) in [4.78, 5) is 20.8. The zero-order valence-electron chi connectivity index (χ0n) is 16.3. The molecule has 1 saturated heterocycles. The number of nitrogens with zero attached hydrogens (tertiary/aromatic N) is 3. The molecule has 2 aromatic rings. The van der Waals surface area contributed by atoms with Gasteiger partial charge in [-0.2, -0.15) is 0 Å². The third-order valence-electron chi connectivity index (χ3n) is 4.35. The highest BCUT2D eigenvalue weighted by molar-refractivity contribution is 14.0. The highest BCUT2D eigenvalue weighted by atomic mass is 127. The van der Waals surface area contributed by atoms with E-state index in [0.717, 1.165) is 12.5 Å². The van der Waals surface area contributed by atoms with Gasteiger partial charge in [0.15, 0.2) is 11.7 Å². The highest BCUT2D eigenvalue weighted by Crippen LogP contribution is 2.12. The van der Waals surface area contributed by atoms with E-state index in [0.29, 0.717) is 50.8 Å². The summed E-state index contributed by atoms with van der Waals surface area (Å²) in [6, 6.07) is 9.45. The molecule has 1 aliphatic rings. The lowest BCUT2D eigenvalue weighted by Gasteiger charge is -2.36. The number of carbonyl (C=O) groups excluding carboxylic acids is 1. The number of amides is 1. The van der Waals surface area contributed by atoms with Gasteiger partial charge in [0.1, 0.15) is 18.2 Å². The van der Waals surface area contributed by atoms with Crippen LogP contribution in [-0.2, 0) is 0 Å². The number of guanidine groups is 1. The second-order valence-electron chi connectivity index (χ2n) is 6.30. The topological polar surface area (TPSA) is 70.3 Å². The third kappa shape index (κ3) is 6.62. The van der Waals surface area contributed by atoms with Crippen molar-refractivity contribution in [3.63, 3.8) is 0 Å². The summed E-state index contributed by atoms with van der Waals surface area (Å²) in [5.41, 5.74) is 0. The molecule has 0 atom stereocenters. The minimum atomic E-state index is -0.323. The van der Waals surface area contributed by atoms with Gasteiger partial charge in [-0.25, -0.2) is 9.38 Å². The second-order valence-corrected chi connectivity index (χ2v) is 6.30. The van der Waals surface area contributed by atoms with Crippen molar-refractivity contribution in [3.05, 3.63) is 54.2 Å². The molecule has 1 N–H and O–H groups in total. The molecule has 1 aromatic carbocycles. The van der Waals surface area contributed by atoms with Crippen LogP contribution in [0.1, 0.15) is 17.5 Å². The van der Waals surface area contributed by atoms with Crippen molar-refractivity contribution in [2.24, 2.45) is 4.99 Å². The van der Waals surface area contributed by atoms with E-state index in [1.165, 1.54) is 18.4 Å². The van der Waals surface area contributed by atoms with Gasteiger partial charge in [0, 0.05) is 38.8 Å². The zero-order chi connectivity index (χ0) is 19.8. The Morgan fingerprint density at radius 1 is 1.21 bits per heavy atom. The van der Waals surface area contributed by atoms with Crippen LogP contribution in [0.5, 0.6) is 5.75 Å². The lowest BCUT2D eigenvalue weighted by atomic mass is 10.3. The second kappa shape index (κ2) is 11.6. The zero-order valence-corrected chi connectivity index (χ0v) is 18.7. The van der Waals surface area contributed by atoms with Gasteiger partial charge in [-0.05, 0) is 31.2 Å². The Morgan fingerprint density at radius 2 is 1.97 bits per heavy atom. The Bertz CT molecular complexity index is 793. The summed E-state index contributed by atoms with van der Waals surface area (Å²) in [6.07, 6.45) is 1.51. The maximum atomic E-state index is 13.2. The van der Waals surface area contributed by atoms with Crippen LogP contribution in [0.2, 0.25) is 0 Å². The van der Waals surface area contributed by atoms with Gasteiger partial charge in [-0.1, -0.05) is 6.07 Å². The number of rotatable bonds is 6. The Hall–Kier alpha value is -2.30. The van der Waals surface area contributed by atoms with Gasteiger partial charge in [0.25, 0.3) is 5.91 Å². The standard InChI is InChI=1S/C20H25FN4O3.HI/c1-2-22-20(23-8-14-27-17-6-3-5-16(21)15-17)25-11-9-24(10-12-25)19(26)18-7-4-13-28-18;/h3-7,13,15H,2,8-12,14H2,1H3,(H,22,23);1H. The molecule has 29 heavy (non-hydrogen) atoms. The Labute approximate surface area is 186 Å². The average Bonchev–Trinajstić information content (AvgIpc) is 3.25. The van der Waals surface area contributed by atoms with Crippen LogP contribution < -0.4 is 10.1 Å². The van der Waals surface area contributed by atoms with Crippen LogP contribution in [0.15, 0.2) is 52.1 Å². The van der Waals surface area contributed by atoms with Gasteiger partial charge in [-0.3, -0.25) is 4.79 Å². The van der Waals surface area contributed by atoms with Crippen LogP contribution in [0.4, 0.5) is 4.39 Å². The van der Waals surface area contributed by atoms with E-state index in [4.69, 9.17) is 9.15 Å².